The molecular formula is C30H38N2O4. The second-order valence-electron chi connectivity index (χ2n) is 10.9. The molecule has 0 aromatic heterocycles. The topological polar surface area (TPSA) is 67.9 Å². The molecule has 1 saturated heterocycles. The van der Waals surface area contributed by atoms with Crippen molar-refractivity contribution in [3.8, 4) is 11.5 Å². The van der Waals surface area contributed by atoms with Gasteiger partial charge in [0.1, 0.15) is 11.5 Å². The lowest BCUT2D eigenvalue weighted by atomic mass is 9.59. The van der Waals surface area contributed by atoms with Crippen LogP contribution in [0.4, 0.5) is 0 Å². The zero-order chi connectivity index (χ0) is 25.4. The van der Waals surface area contributed by atoms with E-state index in [0.29, 0.717) is 11.3 Å². The van der Waals surface area contributed by atoms with Gasteiger partial charge in [0.15, 0.2) is 0 Å². The Bertz CT molecular complexity index is 1150. The molecule has 1 saturated carbocycles. The van der Waals surface area contributed by atoms with Crippen molar-refractivity contribution in [3.05, 3.63) is 58.1 Å². The predicted molar refractivity (Wildman–Crippen MR) is 140 cm³/mol. The van der Waals surface area contributed by atoms with Gasteiger partial charge in [0.05, 0.1) is 19.8 Å². The second-order valence-corrected chi connectivity index (χ2v) is 10.9. The standard InChI is InChI=1S/C30H38N2O4/c1-19-16-24(26(36-4)17-20(19)2)29(34)32-14-12-30(13-15-32)11-10-27(30)31-28(33)22-9-8-21-6-5-7-25(35-3)23(21)18-22/h5-7,16-17,22,27H,8-15,18H2,1-4H3,(H,31,33). The van der Waals surface area contributed by atoms with Crippen molar-refractivity contribution in [1.82, 2.24) is 10.2 Å². The summed E-state index contributed by atoms with van der Waals surface area (Å²) in [7, 11) is 3.32. The van der Waals surface area contributed by atoms with E-state index in [4.69, 9.17) is 9.47 Å². The van der Waals surface area contributed by atoms with Gasteiger partial charge >= 0.3 is 0 Å². The first-order chi connectivity index (χ1) is 17.3. The van der Waals surface area contributed by atoms with Gasteiger partial charge in [-0.05, 0) is 105 Å². The number of hydrogen-bond donors (Lipinski definition) is 1. The zero-order valence-corrected chi connectivity index (χ0v) is 22.0. The lowest BCUT2D eigenvalue weighted by molar-refractivity contribution is -0.129. The summed E-state index contributed by atoms with van der Waals surface area (Å²) < 4.78 is 11.1. The Kier molecular flexibility index (Phi) is 6.71. The minimum atomic E-state index is -0.00893. The summed E-state index contributed by atoms with van der Waals surface area (Å²) >= 11 is 0. The van der Waals surface area contributed by atoms with Crippen LogP contribution in [0.15, 0.2) is 30.3 Å². The summed E-state index contributed by atoms with van der Waals surface area (Å²) in [6.45, 7) is 5.49. The van der Waals surface area contributed by atoms with Crippen LogP contribution in [0.1, 0.15) is 64.7 Å². The van der Waals surface area contributed by atoms with Gasteiger partial charge in [0, 0.05) is 25.0 Å². The van der Waals surface area contributed by atoms with Crippen molar-refractivity contribution in [3.63, 3.8) is 0 Å². The highest BCUT2D eigenvalue weighted by atomic mass is 16.5. The highest BCUT2D eigenvalue weighted by molar-refractivity contribution is 5.97. The monoisotopic (exact) mass is 490 g/mol. The van der Waals surface area contributed by atoms with Crippen molar-refractivity contribution in [2.45, 2.75) is 64.8 Å². The summed E-state index contributed by atoms with van der Waals surface area (Å²) in [5.74, 6) is 1.74. The number of aryl methyl sites for hydroxylation is 3. The lowest BCUT2D eigenvalue weighted by Crippen LogP contribution is -2.60. The average molecular weight is 491 g/mol. The van der Waals surface area contributed by atoms with Crippen LogP contribution in [0.3, 0.4) is 0 Å². The van der Waals surface area contributed by atoms with Gasteiger partial charge in [0.25, 0.3) is 5.91 Å². The quantitative estimate of drug-likeness (QED) is 0.664. The number of carbonyl (C=O) groups excluding carboxylic acids is 2. The minimum Gasteiger partial charge on any atom is -0.496 e. The summed E-state index contributed by atoms with van der Waals surface area (Å²) in [5.41, 5.74) is 5.46. The van der Waals surface area contributed by atoms with Gasteiger partial charge in [-0.3, -0.25) is 9.59 Å². The van der Waals surface area contributed by atoms with Crippen LogP contribution in [0.5, 0.6) is 11.5 Å². The Balaban J connectivity index is 1.20. The van der Waals surface area contributed by atoms with E-state index in [0.717, 1.165) is 74.9 Å². The molecule has 1 spiro atoms. The second kappa shape index (κ2) is 9.79. The highest BCUT2D eigenvalue weighted by Crippen LogP contribution is 2.49. The first kappa shape index (κ1) is 24.7. The molecule has 0 radical (unpaired) electrons. The van der Waals surface area contributed by atoms with E-state index in [-0.39, 0.29) is 29.2 Å². The van der Waals surface area contributed by atoms with Gasteiger partial charge in [-0.15, -0.1) is 0 Å². The van der Waals surface area contributed by atoms with Gasteiger partial charge in [-0.25, -0.2) is 0 Å². The first-order valence-electron chi connectivity index (χ1n) is 13.2. The van der Waals surface area contributed by atoms with E-state index >= 15 is 0 Å². The molecular weight excluding hydrogens is 452 g/mol. The number of methoxy groups -OCH3 is 2. The number of nitrogens with one attached hydrogen (secondary N) is 1. The Labute approximate surface area is 214 Å². The van der Waals surface area contributed by atoms with Gasteiger partial charge in [-0.1, -0.05) is 12.1 Å². The molecule has 2 atom stereocenters. The van der Waals surface area contributed by atoms with Crippen molar-refractivity contribution in [2.24, 2.45) is 11.3 Å². The number of fused-ring (bicyclic) bond motifs is 1. The van der Waals surface area contributed by atoms with Gasteiger partial charge in [-0.2, -0.15) is 0 Å². The largest absolute Gasteiger partial charge is 0.496 e. The molecule has 2 amide bonds. The molecule has 5 rings (SSSR count). The fraction of sp³-hybridized carbons (Fsp3) is 0.533. The summed E-state index contributed by atoms with van der Waals surface area (Å²) in [6.07, 6.45) is 6.54. The lowest BCUT2D eigenvalue weighted by Gasteiger charge is -2.54. The van der Waals surface area contributed by atoms with E-state index < -0.39 is 0 Å². The number of hydrogen-bond acceptors (Lipinski definition) is 4. The van der Waals surface area contributed by atoms with Crippen LogP contribution >= 0.6 is 0 Å². The molecule has 2 aliphatic carbocycles. The minimum absolute atomic E-state index is 0.00893. The molecule has 2 aromatic rings. The Morgan fingerprint density at radius 1 is 0.972 bits per heavy atom. The molecule has 2 unspecified atom stereocenters. The van der Waals surface area contributed by atoms with Crippen LogP contribution in [-0.4, -0.2) is 50.1 Å². The van der Waals surface area contributed by atoms with Gasteiger partial charge < -0.3 is 19.7 Å². The third-order valence-corrected chi connectivity index (χ3v) is 9.11. The molecule has 2 aromatic carbocycles. The number of benzene rings is 2. The number of nitrogens with zero attached hydrogens (tertiary/aromatic N) is 1. The molecule has 1 heterocycles. The molecule has 6 heteroatoms. The number of likely N-dealkylation sites (tertiary alicyclic amines) is 1. The molecule has 6 nitrogen and oxygen atoms in total. The molecule has 0 bridgehead atoms. The van der Waals surface area contributed by atoms with Crippen molar-refractivity contribution < 1.29 is 19.1 Å². The third kappa shape index (κ3) is 4.35. The maximum Gasteiger partial charge on any atom is 0.257 e. The third-order valence-electron chi connectivity index (χ3n) is 9.11. The molecule has 2 fully saturated rings. The Hall–Kier alpha value is -3.02. The van der Waals surface area contributed by atoms with Crippen LogP contribution < -0.4 is 14.8 Å². The van der Waals surface area contributed by atoms with E-state index in [9.17, 15) is 9.59 Å². The number of ether oxygens (including phenoxy) is 2. The molecule has 1 aliphatic heterocycles. The fourth-order valence-electron chi connectivity index (χ4n) is 6.43. The van der Waals surface area contributed by atoms with E-state index in [1.165, 1.54) is 11.1 Å². The SMILES string of the molecule is COc1cc(C)c(C)cc1C(=O)N1CCC2(CCC2NC(=O)C2CCc3cccc(OC)c3C2)CC1. The van der Waals surface area contributed by atoms with Crippen molar-refractivity contribution in [2.75, 3.05) is 27.3 Å². The van der Waals surface area contributed by atoms with Crippen molar-refractivity contribution in [1.29, 1.82) is 0 Å². The van der Waals surface area contributed by atoms with Crippen LogP contribution in [0.2, 0.25) is 0 Å². The predicted octanol–water partition coefficient (Wildman–Crippen LogP) is 4.63. The van der Waals surface area contributed by atoms with Crippen LogP contribution in [-0.2, 0) is 17.6 Å². The molecule has 192 valence electrons. The Morgan fingerprint density at radius 2 is 1.69 bits per heavy atom. The fourth-order valence-corrected chi connectivity index (χ4v) is 6.43. The number of piperidine rings is 1. The summed E-state index contributed by atoms with van der Waals surface area (Å²) in [4.78, 5) is 28.6. The van der Waals surface area contributed by atoms with Crippen LogP contribution in [0, 0.1) is 25.2 Å². The molecule has 1 N–H and O–H groups in total. The Morgan fingerprint density at radius 3 is 2.36 bits per heavy atom. The highest BCUT2D eigenvalue weighted by Gasteiger charge is 2.49. The first-order valence-corrected chi connectivity index (χ1v) is 13.2. The van der Waals surface area contributed by atoms with Crippen molar-refractivity contribution >= 4 is 11.8 Å². The van der Waals surface area contributed by atoms with E-state index in [2.05, 4.69) is 11.4 Å². The van der Waals surface area contributed by atoms with E-state index in [1.54, 1.807) is 14.2 Å². The normalized spacial score (nSPS) is 22.4. The molecule has 3 aliphatic rings. The molecule has 36 heavy (non-hydrogen) atoms. The maximum atomic E-state index is 13.3. The number of carbonyl (C=O) groups is 2. The smallest absolute Gasteiger partial charge is 0.257 e. The summed E-state index contributed by atoms with van der Waals surface area (Å²) in [5, 5.41) is 3.42. The number of rotatable bonds is 5. The summed E-state index contributed by atoms with van der Waals surface area (Å²) in [6, 6.07) is 10.3. The zero-order valence-electron chi connectivity index (χ0n) is 22.0. The average Bonchev–Trinajstić information content (AvgIpc) is 2.91. The number of amides is 2. The van der Waals surface area contributed by atoms with Crippen LogP contribution in [0.25, 0.3) is 0 Å². The maximum absolute atomic E-state index is 13.3. The van der Waals surface area contributed by atoms with E-state index in [1.807, 2.05) is 43.0 Å². The van der Waals surface area contributed by atoms with Gasteiger partial charge in [0.2, 0.25) is 5.91 Å².